The third kappa shape index (κ3) is 14.2. The first-order chi connectivity index (χ1) is 24.5. The largest absolute Gasteiger partial charge is 0.497 e. The van der Waals surface area contributed by atoms with E-state index in [9.17, 15) is 0 Å². The number of hydrogen-bond acceptors (Lipinski definition) is 9. The molecule has 53 heavy (non-hydrogen) atoms. The monoisotopic (exact) mass is 812 g/mol. The molecule has 11 heteroatoms. The zero-order chi connectivity index (χ0) is 39.7. The van der Waals surface area contributed by atoms with Crippen LogP contribution in [0, 0.1) is 5.92 Å². The molecule has 306 valence electrons. The Morgan fingerprint density at radius 1 is 0.962 bits per heavy atom. The van der Waals surface area contributed by atoms with Crippen molar-refractivity contribution in [1.82, 2.24) is 0 Å². The van der Waals surface area contributed by atoms with E-state index in [1.807, 2.05) is 12.1 Å². The highest BCUT2D eigenvalue weighted by Crippen LogP contribution is 2.53. The summed E-state index contributed by atoms with van der Waals surface area (Å²) in [5.41, 5.74) is 1.91. The SMILES string of the molecule is C=C(C)[C@H](COCc1ccc(OC)cc1)CC1(C[C@H]2O[C@@](C)(C[C@@H](CCO[Si](C)(C)C(C)(C)C)O[Si](C)(C)C(C)(C)C)C[C@@H]2OCOC)SCCCS1. The maximum absolute atomic E-state index is 7.25. The maximum Gasteiger partial charge on any atom is 0.192 e. The lowest BCUT2D eigenvalue weighted by molar-refractivity contribution is -0.106. The van der Waals surface area contributed by atoms with Crippen molar-refractivity contribution in [3.8, 4) is 5.75 Å². The van der Waals surface area contributed by atoms with E-state index >= 15 is 0 Å². The molecule has 3 rings (SSSR count). The van der Waals surface area contributed by atoms with Crippen LogP contribution < -0.4 is 4.74 Å². The second-order valence-electron chi connectivity index (χ2n) is 18.8. The molecule has 0 radical (unpaired) electrons. The number of benzene rings is 1. The van der Waals surface area contributed by atoms with Crippen LogP contribution in [0.5, 0.6) is 5.75 Å². The van der Waals surface area contributed by atoms with Gasteiger partial charge in [0, 0.05) is 38.6 Å². The van der Waals surface area contributed by atoms with E-state index in [1.165, 1.54) is 12.0 Å². The van der Waals surface area contributed by atoms with Crippen molar-refractivity contribution in [2.24, 2.45) is 5.92 Å². The van der Waals surface area contributed by atoms with Crippen LogP contribution in [0.15, 0.2) is 36.4 Å². The van der Waals surface area contributed by atoms with Crippen LogP contribution in [-0.2, 0) is 34.4 Å². The van der Waals surface area contributed by atoms with Gasteiger partial charge in [0.15, 0.2) is 16.6 Å². The standard InChI is InChI=1S/C42H76O7S2Si2/c1-32(2)34(30-45-29-33-17-19-35(44-11)20-18-33)25-42(50-23-16-24-51-42)28-38-37(46-31-43-10)27-41(9,48-38)26-36(49-53(14,15)40(6,7)8)21-22-47-52(12,13)39(3,4)5/h17-20,34,36-38H,1,16,21-31H2,2-15H3/t34-,36+,37-,38+,41-/m0/s1. The predicted octanol–water partition coefficient (Wildman–Crippen LogP) is 11.5. The minimum absolute atomic E-state index is 0.0238. The highest BCUT2D eigenvalue weighted by molar-refractivity contribution is 8.18. The quantitative estimate of drug-likeness (QED) is 0.0686. The van der Waals surface area contributed by atoms with Crippen LogP contribution in [0.2, 0.25) is 36.3 Å². The summed E-state index contributed by atoms with van der Waals surface area (Å²) in [5, 5.41) is 0.273. The summed E-state index contributed by atoms with van der Waals surface area (Å²) in [7, 11) is -0.549. The normalized spacial score (nSPS) is 23.9. The Labute approximate surface area is 335 Å². The third-order valence-corrected chi connectivity index (χ3v) is 24.5. The maximum atomic E-state index is 7.25. The predicted molar refractivity (Wildman–Crippen MR) is 232 cm³/mol. The fraction of sp³-hybridized carbons (Fsp3) is 0.810. The van der Waals surface area contributed by atoms with Gasteiger partial charge < -0.3 is 32.5 Å². The van der Waals surface area contributed by atoms with Crippen molar-refractivity contribution in [3.05, 3.63) is 42.0 Å². The van der Waals surface area contributed by atoms with E-state index in [1.54, 1.807) is 14.2 Å². The summed E-state index contributed by atoms with van der Waals surface area (Å²) in [4.78, 5) is 0. The van der Waals surface area contributed by atoms with E-state index in [0.717, 1.165) is 54.9 Å². The van der Waals surface area contributed by atoms with E-state index in [4.69, 9.17) is 32.5 Å². The van der Waals surface area contributed by atoms with Crippen molar-refractivity contribution in [1.29, 1.82) is 0 Å². The lowest BCUT2D eigenvalue weighted by Crippen LogP contribution is -2.47. The fourth-order valence-corrected chi connectivity index (χ4v) is 12.6. The van der Waals surface area contributed by atoms with Crippen LogP contribution in [-0.4, -0.2) is 90.4 Å². The van der Waals surface area contributed by atoms with Crippen LogP contribution in [0.1, 0.15) is 99.5 Å². The number of thioether (sulfide) groups is 2. The Balaban J connectivity index is 1.80. The van der Waals surface area contributed by atoms with Crippen molar-refractivity contribution in [2.75, 3.05) is 45.7 Å². The second-order valence-corrected chi connectivity index (χ2v) is 31.6. The van der Waals surface area contributed by atoms with Crippen molar-refractivity contribution in [2.45, 2.75) is 165 Å². The molecule has 0 spiro atoms. The molecule has 1 aromatic rings. The smallest absolute Gasteiger partial charge is 0.192 e. The molecule has 0 bridgehead atoms. The highest BCUT2D eigenvalue weighted by atomic mass is 32.2. The zero-order valence-electron chi connectivity index (χ0n) is 36.0. The van der Waals surface area contributed by atoms with Gasteiger partial charge in [-0.1, -0.05) is 65.8 Å². The van der Waals surface area contributed by atoms with Crippen LogP contribution in [0.4, 0.5) is 0 Å². The Kier molecular flexibility index (Phi) is 17.6. The van der Waals surface area contributed by atoms with Gasteiger partial charge in [-0.25, -0.2) is 0 Å². The topological polar surface area (TPSA) is 64.6 Å². The average molecular weight is 813 g/mol. The molecule has 2 aliphatic rings. The van der Waals surface area contributed by atoms with Gasteiger partial charge in [0.25, 0.3) is 0 Å². The Morgan fingerprint density at radius 2 is 1.58 bits per heavy atom. The molecule has 0 aromatic heterocycles. The fourth-order valence-electron chi connectivity index (χ4n) is 6.65. The first kappa shape index (κ1) is 47.0. The van der Waals surface area contributed by atoms with Gasteiger partial charge in [-0.05, 0) is 105 Å². The molecule has 2 saturated heterocycles. The van der Waals surface area contributed by atoms with Crippen LogP contribution in [0.3, 0.4) is 0 Å². The van der Waals surface area contributed by atoms with E-state index in [-0.39, 0.29) is 45.2 Å². The van der Waals surface area contributed by atoms with Gasteiger partial charge in [-0.15, -0.1) is 23.5 Å². The minimum atomic E-state index is -2.06. The molecule has 0 aliphatic carbocycles. The van der Waals surface area contributed by atoms with Gasteiger partial charge >= 0.3 is 0 Å². The Bertz CT molecular complexity index is 1260. The lowest BCUT2D eigenvalue weighted by Gasteiger charge is -2.42. The summed E-state index contributed by atoms with van der Waals surface area (Å²) < 4.78 is 44.7. The Morgan fingerprint density at radius 3 is 2.13 bits per heavy atom. The average Bonchev–Trinajstić information content (AvgIpc) is 3.36. The number of hydrogen-bond donors (Lipinski definition) is 0. The molecular weight excluding hydrogens is 737 g/mol. The molecule has 1 aromatic carbocycles. The number of ether oxygens (including phenoxy) is 5. The van der Waals surface area contributed by atoms with Crippen molar-refractivity contribution in [3.63, 3.8) is 0 Å². The zero-order valence-corrected chi connectivity index (χ0v) is 39.6. The van der Waals surface area contributed by atoms with Gasteiger partial charge in [-0.2, -0.15) is 0 Å². The summed E-state index contributed by atoms with van der Waals surface area (Å²) in [6.45, 7) is 34.3. The molecule has 2 fully saturated rings. The molecule has 2 heterocycles. The van der Waals surface area contributed by atoms with Crippen LogP contribution in [0.25, 0.3) is 0 Å². The molecular formula is C42H76O7S2Si2. The minimum Gasteiger partial charge on any atom is -0.497 e. The Hall–Kier alpha value is -0.346. The van der Waals surface area contributed by atoms with Crippen LogP contribution >= 0.6 is 23.5 Å². The molecule has 0 saturated carbocycles. The molecule has 2 aliphatic heterocycles. The summed E-state index contributed by atoms with van der Waals surface area (Å²) in [6.07, 6.45) is 5.50. The number of rotatable bonds is 21. The molecule has 0 amide bonds. The second kappa shape index (κ2) is 19.9. The molecule has 0 unspecified atom stereocenters. The third-order valence-electron chi connectivity index (χ3n) is 12.1. The number of methoxy groups -OCH3 is 2. The first-order valence-electron chi connectivity index (χ1n) is 19.8. The van der Waals surface area contributed by atoms with E-state index in [0.29, 0.717) is 19.8 Å². The highest BCUT2D eigenvalue weighted by Gasteiger charge is 2.50. The summed E-state index contributed by atoms with van der Waals surface area (Å²) in [5.74, 6) is 3.38. The summed E-state index contributed by atoms with van der Waals surface area (Å²) >= 11 is 4.19. The van der Waals surface area contributed by atoms with Gasteiger partial charge in [-0.3, -0.25) is 0 Å². The molecule has 5 atom stereocenters. The lowest BCUT2D eigenvalue weighted by atomic mass is 9.91. The van der Waals surface area contributed by atoms with Gasteiger partial charge in [0.2, 0.25) is 0 Å². The summed E-state index contributed by atoms with van der Waals surface area (Å²) in [6, 6.07) is 8.12. The van der Waals surface area contributed by atoms with Gasteiger partial charge in [0.05, 0.1) is 42.2 Å². The van der Waals surface area contributed by atoms with Gasteiger partial charge in [0.1, 0.15) is 12.5 Å². The van der Waals surface area contributed by atoms with Crippen molar-refractivity contribution >= 4 is 40.2 Å². The van der Waals surface area contributed by atoms with E-state index in [2.05, 4.69) is 124 Å². The molecule has 0 N–H and O–H groups in total. The first-order valence-corrected chi connectivity index (χ1v) is 27.6. The van der Waals surface area contributed by atoms with Crippen molar-refractivity contribution < 1.29 is 32.5 Å². The van der Waals surface area contributed by atoms with E-state index < -0.39 is 22.2 Å². The molecule has 7 nitrogen and oxygen atoms in total.